The van der Waals surface area contributed by atoms with Crippen molar-refractivity contribution in [2.45, 2.75) is 19.0 Å². The van der Waals surface area contributed by atoms with Crippen LogP contribution in [-0.4, -0.2) is 35.4 Å². The van der Waals surface area contributed by atoms with E-state index in [-0.39, 0.29) is 24.4 Å². The van der Waals surface area contributed by atoms with Gasteiger partial charge in [0.15, 0.2) is 0 Å². The number of pyridine rings is 1. The maximum absolute atomic E-state index is 13.1. The van der Waals surface area contributed by atoms with E-state index in [1.165, 1.54) is 0 Å². The largest absolute Gasteiger partial charge is 0.376 e. The number of hydrogen-bond donors (Lipinski definition) is 2. The second-order valence-corrected chi connectivity index (χ2v) is 9.16. The van der Waals surface area contributed by atoms with E-state index in [0.29, 0.717) is 5.02 Å². The van der Waals surface area contributed by atoms with E-state index in [1.54, 1.807) is 23.2 Å². The van der Waals surface area contributed by atoms with Crippen molar-refractivity contribution in [2.24, 2.45) is 0 Å². The minimum absolute atomic E-state index is 0.0190. The first-order valence-electron chi connectivity index (χ1n) is 11.7. The van der Waals surface area contributed by atoms with E-state index in [2.05, 4.69) is 15.6 Å². The fourth-order valence-electron chi connectivity index (χ4n) is 4.31. The van der Waals surface area contributed by atoms with Crippen LogP contribution < -0.4 is 15.5 Å². The topological polar surface area (TPSA) is 74.3 Å². The lowest BCUT2D eigenvalue weighted by atomic mass is 9.92. The molecule has 0 saturated carbocycles. The molecule has 3 aromatic carbocycles. The van der Waals surface area contributed by atoms with Gasteiger partial charge in [-0.1, -0.05) is 71.8 Å². The number of hydrogen-bond acceptors (Lipinski definition) is 4. The number of rotatable bonds is 7. The van der Waals surface area contributed by atoms with Gasteiger partial charge in [0.05, 0.1) is 18.1 Å². The highest BCUT2D eigenvalue weighted by molar-refractivity contribution is 6.31. The Morgan fingerprint density at radius 3 is 2.61 bits per heavy atom. The predicted octanol–water partition coefficient (Wildman–Crippen LogP) is 5.22. The van der Waals surface area contributed by atoms with Crippen LogP contribution in [0.2, 0.25) is 5.02 Å². The molecule has 1 aliphatic rings. The molecule has 0 spiro atoms. The molecule has 2 amide bonds. The van der Waals surface area contributed by atoms with E-state index < -0.39 is 6.04 Å². The summed E-state index contributed by atoms with van der Waals surface area (Å²) in [6.07, 6.45) is 5.61. The molecular formula is C29H25ClN4O2. The van der Waals surface area contributed by atoms with Crippen LogP contribution in [0.4, 0.5) is 11.4 Å². The lowest BCUT2D eigenvalue weighted by Crippen LogP contribution is -2.70. The molecule has 180 valence electrons. The van der Waals surface area contributed by atoms with Crippen LogP contribution in [-0.2, 0) is 9.59 Å². The Balaban J connectivity index is 1.31. The lowest BCUT2D eigenvalue weighted by Gasteiger charge is -2.46. The molecule has 2 atom stereocenters. The minimum Gasteiger partial charge on any atom is -0.376 e. The standard InChI is InChI=1S/C29H25ClN4O2/c1-19-7-11-22(12-8-19)34-26(14-9-20-5-3-2-4-6-20)28(29(34)36)33-27(35)18-32-24-15-16-31-25-17-21(30)10-13-23(24)25/h2-17,26,28H,18H2,1H3,(H,31,32)(H,33,35)/b14-9+/t26-,28+/m0/s1. The molecule has 4 aromatic rings. The Morgan fingerprint density at radius 2 is 1.83 bits per heavy atom. The molecule has 2 heterocycles. The van der Waals surface area contributed by atoms with Crippen LogP contribution in [0.15, 0.2) is 91.1 Å². The van der Waals surface area contributed by atoms with Crippen molar-refractivity contribution in [1.29, 1.82) is 0 Å². The summed E-state index contributed by atoms with van der Waals surface area (Å²) >= 11 is 6.07. The molecule has 0 aliphatic carbocycles. The molecule has 6 nitrogen and oxygen atoms in total. The SMILES string of the molecule is Cc1ccc(N2C(=O)[C@H](NC(=O)CNc3ccnc4cc(Cl)ccc34)[C@@H]2/C=C/c2ccccc2)cc1. The summed E-state index contributed by atoms with van der Waals surface area (Å²) in [5.74, 6) is -0.409. The van der Waals surface area contributed by atoms with Gasteiger partial charge in [-0.25, -0.2) is 0 Å². The Hall–Kier alpha value is -4.16. The number of aromatic nitrogens is 1. The number of fused-ring (bicyclic) bond motifs is 1. The molecule has 0 unspecified atom stereocenters. The van der Waals surface area contributed by atoms with Crippen molar-refractivity contribution in [3.8, 4) is 0 Å². The number of β-lactam (4-membered cyclic amide) rings is 1. The van der Waals surface area contributed by atoms with Gasteiger partial charge in [-0.05, 0) is 48.9 Å². The van der Waals surface area contributed by atoms with Crippen LogP contribution >= 0.6 is 11.6 Å². The van der Waals surface area contributed by atoms with Crippen LogP contribution in [0.3, 0.4) is 0 Å². The molecule has 0 bridgehead atoms. The fraction of sp³-hybridized carbons (Fsp3) is 0.138. The van der Waals surface area contributed by atoms with Crippen molar-refractivity contribution >= 4 is 51.8 Å². The lowest BCUT2D eigenvalue weighted by molar-refractivity contribution is -0.131. The van der Waals surface area contributed by atoms with E-state index >= 15 is 0 Å². The highest BCUT2D eigenvalue weighted by Gasteiger charge is 2.47. The minimum atomic E-state index is -0.645. The van der Waals surface area contributed by atoms with Gasteiger partial charge >= 0.3 is 0 Å². The summed E-state index contributed by atoms with van der Waals surface area (Å²) in [5, 5.41) is 7.53. The highest BCUT2D eigenvalue weighted by atomic mass is 35.5. The second-order valence-electron chi connectivity index (χ2n) is 8.72. The van der Waals surface area contributed by atoms with E-state index in [1.807, 2.05) is 85.8 Å². The number of amides is 2. The maximum atomic E-state index is 13.1. The summed E-state index contributed by atoms with van der Waals surface area (Å²) in [6.45, 7) is 2.02. The summed E-state index contributed by atoms with van der Waals surface area (Å²) in [7, 11) is 0. The Morgan fingerprint density at radius 1 is 1.06 bits per heavy atom. The predicted molar refractivity (Wildman–Crippen MR) is 145 cm³/mol. The van der Waals surface area contributed by atoms with Gasteiger partial charge in [0.2, 0.25) is 5.91 Å². The van der Waals surface area contributed by atoms with Crippen molar-refractivity contribution in [3.05, 3.63) is 107 Å². The quantitative estimate of drug-likeness (QED) is 0.344. The first kappa shape index (κ1) is 23.6. The average molecular weight is 497 g/mol. The molecule has 1 fully saturated rings. The number of carbonyl (C=O) groups excluding carboxylic acids is 2. The Bertz CT molecular complexity index is 1440. The molecule has 1 saturated heterocycles. The maximum Gasteiger partial charge on any atom is 0.252 e. The average Bonchev–Trinajstić information content (AvgIpc) is 2.89. The van der Waals surface area contributed by atoms with E-state index in [0.717, 1.165) is 33.4 Å². The summed E-state index contributed by atoms with van der Waals surface area (Å²) in [6, 6.07) is 24.0. The number of benzene rings is 3. The van der Waals surface area contributed by atoms with Crippen molar-refractivity contribution < 1.29 is 9.59 Å². The smallest absolute Gasteiger partial charge is 0.252 e. The first-order chi connectivity index (χ1) is 17.5. The van der Waals surface area contributed by atoms with Gasteiger partial charge < -0.3 is 15.5 Å². The third kappa shape index (κ3) is 4.95. The van der Waals surface area contributed by atoms with Crippen LogP contribution in [0.25, 0.3) is 17.0 Å². The molecule has 7 heteroatoms. The Labute approximate surface area is 214 Å². The summed E-state index contributed by atoms with van der Waals surface area (Å²) in [5.41, 5.74) is 4.45. The molecular weight excluding hydrogens is 472 g/mol. The number of nitrogens with one attached hydrogen (secondary N) is 2. The zero-order chi connectivity index (χ0) is 25.1. The molecule has 5 rings (SSSR count). The van der Waals surface area contributed by atoms with Gasteiger partial charge in [0.1, 0.15) is 6.04 Å². The number of halogens is 1. The molecule has 0 radical (unpaired) electrons. The van der Waals surface area contributed by atoms with E-state index in [9.17, 15) is 9.59 Å². The van der Waals surface area contributed by atoms with Crippen LogP contribution in [0, 0.1) is 6.92 Å². The van der Waals surface area contributed by atoms with Gasteiger partial charge in [-0.2, -0.15) is 0 Å². The summed E-state index contributed by atoms with van der Waals surface area (Å²) < 4.78 is 0. The van der Waals surface area contributed by atoms with Crippen molar-refractivity contribution in [1.82, 2.24) is 10.3 Å². The number of carbonyl (C=O) groups is 2. The Kier molecular flexibility index (Phi) is 6.69. The van der Waals surface area contributed by atoms with Crippen molar-refractivity contribution in [2.75, 3.05) is 16.8 Å². The normalized spacial score (nSPS) is 17.3. The third-order valence-corrected chi connectivity index (χ3v) is 6.44. The van der Waals surface area contributed by atoms with E-state index in [4.69, 9.17) is 11.6 Å². The molecule has 1 aromatic heterocycles. The van der Waals surface area contributed by atoms with Crippen molar-refractivity contribution in [3.63, 3.8) is 0 Å². The molecule has 1 aliphatic heterocycles. The van der Waals surface area contributed by atoms with Gasteiger partial charge in [-0.15, -0.1) is 0 Å². The molecule has 2 N–H and O–H groups in total. The number of nitrogens with zero attached hydrogens (tertiary/aromatic N) is 2. The highest BCUT2D eigenvalue weighted by Crippen LogP contribution is 2.30. The number of aryl methyl sites for hydroxylation is 1. The number of anilines is 2. The fourth-order valence-corrected chi connectivity index (χ4v) is 4.47. The third-order valence-electron chi connectivity index (χ3n) is 6.20. The zero-order valence-electron chi connectivity index (χ0n) is 19.7. The first-order valence-corrected chi connectivity index (χ1v) is 12.1. The summed E-state index contributed by atoms with van der Waals surface area (Å²) in [4.78, 5) is 32.0. The van der Waals surface area contributed by atoms with Crippen LogP contribution in [0.5, 0.6) is 0 Å². The monoisotopic (exact) mass is 496 g/mol. The molecule has 36 heavy (non-hydrogen) atoms. The van der Waals surface area contributed by atoms with Gasteiger partial charge in [0, 0.05) is 28.0 Å². The second kappa shape index (κ2) is 10.2. The van der Waals surface area contributed by atoms with Gasteiger partial charge in [0.25, 0.3) is 5.91 Å². The zero-order valence-corrected chi connectivity index (χ0v) is 20.4. The van der Waals surface area contributed by atoms with Crippen LogP contribution in [0.1, 0.15) is 11.1 Å². The van der Waals surface area contributed by atoms with Gasteiger partial charge in [-0.3, -0.25) is 14.6 Å².